The number of aromatic nitrogens is 1. The summed E-state index contributed by atoms with van der Waals surface area (Å²) in [5.74, 6) is -0.979. The standard InChI is InChI=1S/C31H43N5O6/c1-19(34-27(37)16-23-17-32-11-12-41-23)29(39)36-26(15-21-7-8-22-9-10-33-24(22)14-21)30(40)35-25(13-20-5-3-4-6-20)28(38)31(2)18-42-31/h7-10,14,19-20,23,25-26,32-33H,3-6,11-13,15-18H2,1-2H3,(H,34,37)(H,35,40)(H,36,39)/t19-,23?,25-,26-,31+/m0/s1. The van der Waals surface area contributed by atoms with Crippen LogP contribution in [-0.2, 0) is 35.1 Å². The van der Waals surface area contributed by atoms with Crippen molar-refractivity contribution in [2.24, 2.45) is 5.92 Å². The third kappa shape index (κ3) is 7.76. The zero-order valence-electron chi connectivity index (χ0n) is 24.5. The number of carbonyl (C=O) groups is 4. The van der Waals surface area contributed by atoms with Gasteiger partial charge in [-0.25, -0.2) is 0 Å². The molecule has 11 heteroatoms. The molecular weight excluding hydrogens is 538 g/mol. The SMILES string of the molecule is C[C@H](NC(=O)CC1CNCCO1)C(=O)N[C@@H](Cc1ccc2cc[nH]c2c1)C(=O)N[C@@H](CC1CCCC1)C(=O)[C@@]1(C)CO1. The van der Waals surface area contributed by atoms with Gasteiger partial charge in [-0.05, 0) is 49.3 Å². The molecule has 5 N–H and O–H groups in total. The van der Waals surface area contributed by atoms with E-state index >= 15 is 0 Å². The van der Waals surface area contributed by atoms with Gasteiger partial charge in [0, 0.05) is 31.2 Å². The highest BCUT2D eigenvalue weighted by Gasteiger charge is 2.50. The van der Waals surface area contributed by atoms with E-state index < -0.39 is 35.5 Å². The van der Waals surface area contributed by atoms with Crippen LogP contribution in [0.15, 0.2) is 30.5 Å². The molecule has 1 aliphatic carbocycles. The van der Waals surface area contributed by atoms with Crippen molar-refractivity contribution < 1.29 is 28.7 Å². The zero-order chi connectivity index (χ0) is 29.7. The number of fused-ring (bicyclic) bond motifs is 1. The van der Waals surface area contributed by atoms with Crippen LogP contribution in [0.5, 0.6) is 0 Å². The summed E-state index contributed by atoms with van der Waals surface area (Å²) in [7, 11) is 0. The molecule has 3 heterocycles. The normalized spacial score (nSPS) is 24.5. The highest BCUT2D eigenvalue weighted by atomic mass is 16.6. The minimum Gasteiger partial charge on any atom is -0.375 e. The molecule has 2 aliphatic heterocycles. The van der Waals surface area contributed by atoms with Crippen molar-refractivity contribution in [2.45, 2.75) is 88.6 Å². The lowest BCUT2D eigenvalue weighted by Gasteiger charge is -2.27. The van der Waals surface area contributed by atoms with Crippen LogP contribution in [-0.4, -0.2) is 84.6 Å². The maximum atomic E-state index is 13.8. The second kappa shape index (κ2) is 13.4. The molecule has 3 aliphatic rings. The number of hydrogen-bond acceptors (Lipinski definition) is 7. The van der Waals surface area contributed by atoms with Gasteiger partial charge in [-0.15, -0.1) is 0 Å². The van der Waals surface area contributed by atoms with Crippen LogP contribution < -0.4 is 21.3 Å². The Labute approximate surface area is 246 Å². The third-order valence-corrected chi connectivity index (χ3v) is 8.66. The number of aromatic amines is 1. The maximum Gasteiger partial charge on any atom is 0.243 e. The van der Waals surface area contributed by atoms with E-state index in [1.54, 1.807) is 13.8 Å². The number of rotatable bonds is 13. The van der Waals surface area contributed by atoms with Crippen molar-refractivity contribution in [1.29, 1.82) is 0 Å². The van der Waals surface area contributed by atoms with Crippen LogP contribution in [0, 0.1) is 5.92 Å². The van der Waals surface area contributed by atoms with E-state index in [1.165, 1.54) is 0 Å². The van der Waals surface area contributed by atoms with Gasteiger partial charge in [0.25, 0.3) is 0 Å². The number of hydrogen-bond donors (Lipinski definition) is 5. The molecule has 2 saturated heterocycles. The minimum atomic E-state index is -0.957. The second-order valence-electron chi connectivity index (χ2n) is 12.2. The number of epoxide rings is 1. The molecule has 5 rings (SSSR count). The summed E-state index contributed by atoms with van der Waals surface area (Å²) in [6, 6.07) is 5.27. The van der Waals surface area contributed by atoms with Gasteiger partial charge in [-0.2, -0.15) is 0 Å². The van der Waals surface area contributed by atoms with E-state index in [0.29, 0.717) is 32.1 Å². The van der Waals surface area contributed by atoms with Crippen molar-refractivity contribution in [3.8, 4) is 0 Å². The average Bonchev–Trinajstić information content (AvgIpc) is 3.32. The molecular formula is C31H43N5O6. The average molecular weight is 582 g/mol. The van der Waals surface area contributed by atoms with Crippen LogP contribution in [0.3, 0.4) is 0 Å². The van der Waals surface area contributed by atoms with E-state index in [9.17, 15) is 19.2 Å². The molecule has 5 atom stereocenters. The predicted octanol–water partition coefficient (Wildman–Crippen LogP) is 1.50. The molecule has 0 radical (unpaired) electrons. The Hall–Kier alpha value is -3.28. The first-order valence-electron chi connectivity index (χ1n) is 15.2. The lowest BCUT2D eigenvalue weighted by Crippen LogP contribution is -2.57. The number of morpholine rings is 1. The third-order valence-electron chi connectivity index (χ3n) is 8.66. The summed E-state index contributed by atoms with van der Waals surface area (Å²) in [6.07, 6.45) is 6.83. The smallest absolute Gasteiger partial charge is 0.243 e. The number of nitrogens with one attached hydrogen (secondary N) is 5. The van der Waals surface area contributed by atoms with Crippen LogP contribution in [0.4, 0.5) is 0 Å². The minimum absolute atomic E-state index is 0.124. The largest absolute Gasteiger partial charge is 0.375 e. The fourth-order valence-corrected chi connectivity index (χ4v) is 5.99. The van der Waals surface area contributed by atoms with Crippen molar-refractivity contribution in [3.63, 3.8) is 0 Å². The Morgan fingerprint density at radius 1 is 1.05 bits per heavy atom. The maximum absolute atomic E-state index is 13.8. The highest BCUT2D eigenvalue weighted by molar-refractivity contribution is 5.98. The summed E-state index contributed by atoms with van der Waals surface area (Å²) < 4.78 is 11.0. The Morgan fingerprint density at radius 3 is 2.52 bits per heavy atom. The van der Waals surface area contributed by atoms with Crippen LogP contribution >= 0.6 is 0 Å². The number of ether oxygens (including phenoxy) is 2. The van der Waals surface area contributed by atoms with E-state index in [1.807, 2.05) is 30.5 Å². The molecule has 1 aromatic carbocycles. The van der Waals surface area contributed by atoms with Gasteiger partial charge in [0.15, 0.2) is 5.78 Å². The number of amides is 3. The number of ketones is 1. The number of benzene rings is 1. The van der Waals surface area contributed by atoms with Crippen LogP contribution in [0.2, 0.25) is 0 Å². The molecule has 3 amide bonds. The van der Waals surface area contributed by atoms with Crippen LogP contribution in [0.25, 0.3) is 10.9 Å². The first-order valence-corrected chi connectivity index (χ1v) is 15.2. The van der Waals surface area contributed by atoms with Crippen molar-refractivity contribution in [1.82, 2.24) is 26.3 Å². The molecule has 0 spiro atoms. The van der Waals surface area contributed by atoms with Crippen molar-refractivity contribution in [2.75, 3.05) is 26.3 Å². The predicted molar refractivity (Wildman–Crippen MR) is 157 cm³/mol. The Kier molecular flexibility index (Phi) is 9.60. The summed E-state index contributed by atoms with van der Waals surface area (Å²) in [5, 5.41) is 12.8. The van der Waals surface area contributed by atoms with E-state index in [4.69, 9.17) is 9.47 Å². The Balaban J connectivity index is 1.28. The van der Waals surface area contributed by atoms with E-state index in [-0.39, 0.29) is 30.6 Å². The van der Waals surface area contributed by atoms with Crippen molar-refractivity contribution >= 4 is 34.4 Å². The number of H-pyrrole nitrogens is 1. The molecule has 1 saturated carbocycles. The molecule has 1 unspecified atom stereocenters. The summed E-state index contributed by atoms with van der Waals surface area (Å²) in [5.41, 5.74) is 0.899. The summed E-state index contributed by atoms with van der Waals surface area (Å²) in [4.78, 5) is 56.2. The topological polar surface area (TPSA) is 154 Å². The molecule has 3 fully saturated rings. The van der Waals surface area contributed by atoms with E-state index in [2.05, 4.69) is 26.3 Å². The zero-order valence-corrected chi connectivity index (χ0v) is 24.5. The fraction of sp³-hybridized carbons (Fsp3) is 0.613. The van der Waals surface area contributed by atoms with Gasteiger partial charge in [0.1, 0.15) is 17.7 Å². The van der Waals surface area contributed by atoms with Crippen LogP contribution in [0.1, 0.15) is 57.9 Å². The van der Waals surface area contributed by atoms with Gasteiger partial charge >= 0.3 is 0 Å². The number of Topliss-reactive ketones (excluding diaryl/α,β-unsaturated/α-hetero) is 1. The Morgan fingerprint density at radius 2 is 1.81 bits per heavy atom. The second-order valence-corrected chi connectivity index (χ2v) is 12.2. The van der Waals surface area contributed by atoms with Gasteiger partial charge in [-0.1, -0.05) is 37.8 Å². The molecule has 42 heavy (non-hydrogen) atoms. The molecule has 2 aromatic rings. The summed E-state index contributed by atoms with van der Waals surface area (Å²) >= 11 is 0. The highest BCUT2D eigenvalue weighted by Crippen LogP contribution is 2.33. The van der Waals surface area contributed by atoms with Crippen molar-refractivity contribution in [3.05, 3.63) is 36.0 Å². The Bertz CT molecular complexity index is 1280. The monoisotopic (exact) mass is 581 g/mol. The van der Waals surface area contributed by atoms with Gasteiger partial charge in [0.2, 0.25) is 17.7 Å². The van der Waals surface area contributed by atoms with Gasteiger partial charge in [-0.3, -0.25) is 19.2 Å². The molecule has 11 nitrogen and oxygen atoms in total. The molecule has 0 bridgehead atoms. The quantitative estimate of drug-likeness (QED) is 0.225. The first-order chi connectivity index (χ1) is 20.2. The molecule has 228 valence electrons. The molecule has 1 aromatic heterocycles. The lowest BCUT2D eigenvalue weighted by molar-refractivity contribution is -0.134. The lowest BCUT2D eigenvalue weighted by atomic mass is 9.90. The fourth-order valence-electron chi connectivity index (χ4n) is 5.99. The van der Waals surface area contributed by atoms with E-state index in [0.717, 1.165) is 48.7 Å². The van der Waals surface area contributed by atoms with Gasteiger partial charge < -0.3 is 35.7 Å². The van der Waals surface area contributed by atoms with Gasteiger partial charge in [0.05, 0.1) is 31.8 Å². The summed E-state index contributed by atoms with van der Waals surface area (Å²) in [6.45, 7) is 5.55. The number of carbonyl (C=O) groups excluding carboxylic acids is 4. The first kappa shape index (κ1) is 30.2.